The van der Waals surface area contributed by atoms with Crippen LogP contribution in [0.1, 0.15) is 43.2 Å². The van der Waals surface area contributed by atoms with Crippen molar-refractivity contribution in [2.45, 2.75) is 51.2 Å². The maximum atomic E-state index is 12.9. The summed E-state index contributed by atoms with van der Waals surface area (Å²) >= 11 is 0. The molecular weight excluding hydrogens is 326 g/mol. The molecule has 1 aromatic carbocycles. The van der Waals surface area contributed by atoms with Crippen molar-refractivity contribution in [3.8, 4) is 5.75 Å². The number of carbonyl (C=O) groups is 1. The van der Waals surface area contributed by atoms with Gasteiger partial charge in [-0.05, 0) is 48.2 Å². The average Bonchev–Trinajstić information content (AvgIpc) is 2.69. The SMILES string of the molecule is COc1ccc(CN(Cc2ccncc2)C(=O)NC2CCCCC2)cc1. The zero-order valence-corrected chi connectivity index (χ0v) is 15.4. The first kappa shape index (κ1) is 18.2. The number of methoxy groups -OCH3 is 1. The van der Waals surface area contributed by atoms with E-state index in [1.165, 1.54) is 19.3 Å². The van der Waals surface area contributed by atoms with Crippen LogP contribution in [0, 0.1) is 0 Å². The van der Waals surface area contributed by atoms with Crippen LogP contribution in [0.5, 0.6) is 5.75 Å². The van der Waals surface area contributed by atoms with E-state index < -0.39 is 0 Å². The van der Waals surface area contributed by atoms with Gasteiger partial charge in [-0.3, -0.25) is 4.98 Å². The quantitative estimate of drug-likeness (QED) is 0.849. The van der Waals surface area contributed by atoms with Gasteiger partial charge in [0.1, 0.15) is 5.75 Å². The molecule has 1 saturated carbocycles. The number of ether oxygens (including phenoxy) is 1. The monoisotopic (exact) mass is 353 g/mol. The van der Waals surface area contributed by atoms with Crippen molar-refractivity contribution in [2.24, 2.45) is 0 Å². The molecule has 0 saturated heterocycles. The summed E-state index contributed by atoms with van der Waals surface area (Å²) < 4.78 is 5.22. The molecule has 0 atom stereocenters. The standard InChI is InChI=1S/C21H27N3O2/c1-26-20-9-7-17(8-10-20)15-24(16-18-11-13-22-14-12-18)21(25)23-19-5-3-2-4-6-19/h7-14,19H,2-6,15-16H2,1H3,(H,23,25). The molecule has 1 aliphatic carbocycles. The lowest BCUT2D eigenvalue weighted by Crippen LogP contribution is -2.44. The van der Waals surface area contributed by atoms with Crippen molar-refractivity contribution in [3.63, 3.8) is 0 Å². The Labute approximate surface area is 155 Å². The normalized spacial score (nSPS) is 14.7. The molecule has 5 heteroatoms. The summed E-state index contributed by atoms with van der Waals surface area (Å²) in [5.41, 5.74) is 2.16. The lowest BCUT2D eigenvalue weighted by Gasteiger charge is -2.28. The van der Waals surface area contributed by atoms with Gasteiger partial charge < -0.3 is 15.0 Å². The zero-order chi connectivity index (χ0) is 18.2. The summed E-state index contributed by atoms with van der Waals surface area (Å²) in [6.45, 7) is 1.12. The molecule has 5 nitrogen and oxygen atoms in total. The number of benzene rings is 1. The largest absolute Gasteiger partial charge is 0.497 e. The molecule has 0 spiro atoms. The summed E-state index contributed by atoms with van der Waals surface area (Å²) in [6.07, 6.45) is 9.37. The number of aromatic nitrogens is 1. The summed E-state index contributed by atoms with van der Waals surface area (Å²) in [5, 5.41) is 3.23. The highest BCUT2D eigenvalue weighted by Crippen LogP contribution is 2.19. The van der Waals surface area contributed by atoms with Gasteiger partial charge in [0.2, 0.25) is 0 Å². The van der Waals surface area contributed by atoms with Crippen molar-refractivity contribution >= 4 is 6.03 Å². The van der Waals surface area contributed by atoms with Crippen molar-refractivity contribution in [1.29, 1.82) is 0 Å². The number of hydrogen-bond donors (Lipinski definition) is 1. The molecule has 1 fully saturated rings. The van der Waals surface area contributed by atoms with E-state index in [1.54, 1.807) is 19.5 Å². The second kappa shape index (κ2) is 9.22. The third kappa shape index (κ3) is 5.22. The minimum atomic E-state index is 0.00419. The molecule has 3 rings (SSSR count). The first-order chi connectivity index (χ1) is 12.7. The van der Waals surface area contributed by atoms with Crippen LogP contribution in [-0.4, -0.2) is 29.1 Å². The Morgan fingerprint density at radius 3 is 2.27 bits per heavy atom. The maximum absolute atomic E-state index is 12.9. The van der Waals surface area contributed by atoms with E-state index in [4.69, 9.17) is 4.74 Å². The predicted octanol–water partition coefficient (Wildman–Crippen LogP) is 4.13. The Bertz CT molecular complexity index is 682. The molecule has 1 heterocycles. The lowest BCUT2D eigenvalue weighted by atomic mass is 9.96. The van der Waals surface area contributed by atoms with Gasteiger partial charge in [0, 0.05) is 31.5 Å². The third-order valence-corrected chi connectivity index (χ3v) is 4.88. The molecule has 138 valence electrons. The fourth-order valence-electron chi connectivity index (χ4n) is 3.37. The second-order valence-electron chi connectivity index (χ2n) is 6.84. The Balaban J connectivity index is 1.70. The van der Waals surface area contributed by atoms with Crippen molar-refractivity contribution < 1.29 is 9.53 Å². The van der Waals surface area contributed by atoms with Crippen LogP contribution in [0.15, 0.2) is 48.8 Å². The Morgan fingerprint density at radius 1 is 1.04 bits per heavy atom. The van der Waals surface area contributed by atoms with Crippen LogP contribution < -0.4 is 10.1 Å². The zero-order valence-electron chi connectivity index (χ0n) is 15.4. The molecule has 0 radical (unpaired) electrons. The van der Waals surface area contributed by atoms with Gasteiger partial charge in [0.05, 0.1) is 7.11 Å². The smallest absolute Gasteiger partial charge is 0.318 e. The minimum absolute atomic E-state index is 0.00419. The van der Waals surface area contributed by atoms with Crippen LogP contribution in [0.25, 0.3) is 0 Å². The molecule has 2 amide bonds. The molecule has 1 aliphatic rings. The van der Waals surface area contributed by atoms with Crippen LogP contribution in [-0.2, 0) is 13.1 Å². The first-order valence-electron chi connectivity index (χ1n) is 9.32. The van der Waals surface area contributed by atoms with Crippen LogP contribution in [0.2, 0.25) is 0 Å². The predicted molar refractivity (Wildman–Crippen MR) is 102 cm³/mol. The highest BCUT2D eigenvalue weighted by Gasteiger charge is 2.20. The maximum Gasteiger partial charge on any atom is 0.318 e. The van der Waals surface area contributed by atoms with Crippen molar-refractivity contribution in [2.75, 3.05) is 7.11 Å². The Morgan fingerprint density at radius 2 is 1.65 bits per heavy atom. The van der Waals surface area contributed by atoms with E-state index >= 15 is 0 Å². The molecule has 0 bridgehead atoms. The van der Waals surface area contributed by atoms with E-state index in [0.29, 0.717) is 19.1 Å². The highest BCUT2D eigenvalue weighted by molar-refractivity contribution is 5.74. The molecule has 0 unspecified atom stereocenters. The van der Waals surface area contributed by atoms with Gasteiger partial charge in [0.15, 0.2) is 0 Å². The molecule has 2 aromatic rings. The minimum Gasteiger partial charge on any atom is -0.497 e. The first-order valence-corrected chi connectivity index (χ1v) is 9.32. The van der Waals surface area contributed by atoms with E-state index in [1.807, 2.05) is 41.3 Å². The van der Waals surface area contributed by atoms with Crippen molar-refractivity contribution in [1.82, 2.24) is 15.2 Å². The number of pyridine rings is 1. The Kier molecular flexibility index (Phi) is 6.47. The summed E-state index contributed by atoms with van der Waals surface area (Å²) in [7, 11) is 1.66. The number of nitrogens with one attached hydrogen (secondary N) is 1. The highest BCUT2D eigenvalue weighted by atomic mass is 16.5. The van der Waals surface area contributed by atoms with Crippen LogP contribution in [0.4, 0.5) is 4.79 Å². The van der Waals surface area contributed by atoms with E-state index in [0.717, 1.165) is 29.7 Å². The molecular formula is C21H27N3O2. The summed E-state index contributed by atoms with van der Waals surface area (Å²) in [5.74, 6) is 0.820. The molecule has 0 aliphatic heterocycles. The number of carbonyl (C=O) groups excluding carboxylic acids is 1. The fraction of sp³-hybridized carbons (Fsp3) is 0.429. The van der Waals surface area contributed by atoms with E-state index in [9.17, 15) is 4.79 Å². The van der Waals surface area contributed by atoms with Crippen molar-refractivity contribution in [3.05, 3.63) is 59.9 Å². The fourth-order valence-corrected chi connectivity index (χ4v) is 3.37. The van der Waals surface area contributed by atoms with Gasteiger partial charge in [0.25, 0.3) is 0 Å². The number of nitrogens with zero attached hydrogens (tertiary/aromatic N) is 2. The van der Waals surface area contributed by atoms with Gasteiger partial charge in [-0.25, -0.2) is 4.79 Å². The Hall–Kier alpha value is -2.56. The van der Waals surface area contributed by atoms with Gasteiger partial charge in [-0.1, -0.05) is 31.4 Å². The van der Waals surface area contributed by atoms with Crippen LogP contribution in [0.3, 0.4) is 0 Å². The van der Waals surface area contributed by atoms with Gasteiger partial charge >= 0.3 is 6.03 Å². The number of amides is 2. The lowest BCUT2D eigenvalue weighted by molar-refractivity contribution is 0.184. The molecule has 26 heavy (non-hydrogen) atoms. The summed E-state index contributed by atoms with van der Waals surface area (Å²) in [4.78, 5) is 18.8. The van der Waals surface area contributed by atoms with E-state index in [-0.39, 0.29) is 6.03 Å². The van der Waals surface area contributed by atoms with E-state index in [2.05, 4.69) is 10.3 Å². The van der Waals surface area contributed by atoms with Gasteiger partial charge in [-0.15, -0.1) is 0 Å². The molecule has 1 aromatic heterocycles. The summed E-state index contributed by atoms with van der Waals surface area (Å²) in [6, 6.07) is 12.1. The number of hydrogen-bond acceptors (Lipinski definition) is 3. The van der Waals surface area contributed by atoms with Gasteiger partial charge in [-0.2, -0.15) is 0 Å². The third-order valence-electron chi connectivity index (χ3n) is 4.88. The topological polar surface area (TPSA) is 54.5 Å². The second-order valence-corrected chi connectivity index (χ2v) is 6.84. The van der Waals surface area contributed by atoms with Crippen LogP contribution >= 0.6 is 0 Å². The number of urea groups is 1. The average molecular weight is 353 g/mol. The molecule has 1 N–H and O–H groups in total. The number of rotatable bonds is 6.